The van der Waals surface area contributed by atoms with Crippen molar-refractivity contribution in [1.29, 1.82) is 0 Å². The van der Waals surface area contributed by atoms with Crippen LogP contribution in [0.25, 0.3) is 22.2 Å². The highest BCUT2D eigenvalue weighted by Gasteiger charge is 2.32. The molecule has 158 valence electrons. The van der Waals surface area contributed by atoms with E-state index in [1.165, 1.54) is 19.2 Å². The number of alkyl halides is 3. The second-order valence-electron chi connectivity index (χ2n) is 6.77. The van der Waals surface area contributed by atoms with Crippen molar-refractivity contribution in [3.8, 4) is 28.9 Å². The number of phenols is 1. The first kappa shape index (κ1) is 20.4. The van der Waals surface area contributed by atoms with Crippen LogP contribution in [0, 0.1) is 5.82 Å². The van der Waals surface area contributed by atoms with E-state index >= 15 is 4.39 Å². The van der Waals surface area contributed by atoms with E-state index in [2.05, 4.69) is 15.0 Å². The van der Waals surface area contributed by atoms with Gasteiger partial charge in [-0.05, 0) is 36.5 Å². The number of pyridine rings is 1. The summed E-state index contributed by atoms with van der Waals surface area (Å²) in [5.41, 5.74) is 0.460. The quantitative estimate of drug-likeness (QED) is 0.558. The molecular weight excluding hydrogens is 430 g/mol. The summed E-state index contributed by atoms with van der Waals surface area (Å²) in [5.74, 6) is -1.50. The molecule has 4 rings (SSSR count). The molecule has 0 amide bonds. The van der Waals surface area contributed by atoms with E-state index in [0.717, 1.165) is 19.0 Å². The zero-order chi connectivity index (χ0) is 21.6. The fourth-order valence-electron chi connectivity index (χ4n) is 3.14. The van der Waals surface area contributed by atoms with Crippen molar-refractivity contribution in [3.63, 3.8) is 0 Å². The minimum Gasteiger partial charge on any atom is -0.508 e. The summed E-state index contributed by atoms with van der Waals surface area (Å²) < 4.78 is 62.7. The standard InChI is InChI=1S/C19H14ClF4N3O3/c1-29-18-26-16-11(17(27-18)30-7-19(22,23)24)6-25-15(14(16)21)10-4-9(28)5-12(20)13(10)8-2-3-8/h4-6,8,28H,2-3,7H2,1H3. The lowest BCUT2D eigenvalue weighted by molar-refractivity contribution is -0.153. The zero-order valence-electron chi connectivity index (χ0n) is 15.4. The van der Waals surface area contributed by atoms with Gasteiger partial charge < -0.3 is 14.6 Å². The second-order valence-corrected chi connectivity index (χ2v) is 7.17. The summed E-state index contributed by atoms with van der Waals surface area (Å²) in [7, 11) is 1.19. The van der Waals surface area contributed by atoms with Gasteiger partial charge in [0.25, 0.3) is 0 Å². The zero-order valence-corrected chi connectivity index (χ0v) is 16.2. The first-order valence-electron chi connectivity index (χ1n) is 8.80. The molecule has 0 radical (unpaired) electrons. The Hall–Kier alpha value is -2.88. The smallest absolute Gasteiger partial charge is 0.422 e. The van der Waals surface area contributed by atoms with Crippen LogP contribution in [0.2, 0.25) is 5.02 Å². The van der Waals surface area contributed by atoms with Crippen LogP contribution in [0.3, 0.4) is 0 Å². The van der Waals surface area contributed by atoms with Gasteiger partial charge in [0.2, 0.25) is 5.88 Å². The van der Waals surface area contributed by atoms with Gasteiger partial charge in [0, 0.05) is 16.8 Å². The molecule has 6 nitrogen and oxygen atoms in total. The van der Waals surface area contributed by atoms with Crippen LogP contribution in [-0.4, -0.2) is 40.0 Å². The molecule has 2 heterocycles. The normalized spacial score (nSPS) is 14.2. The molecule has 1 aromatic carbocycles. The minimum absolute atomic E-state index is 0.107. The maximum absolute atomic E-state index is 15.4. The molecule has 0 aliphatic heterocycles. The molecule has 1 aliphatic rings. The van der Waals surface area contributed by atoms with Crippen LogP contribution < -0.4 is 9.47 Å². The van der Waals surface area contributed by atoms with Gasteiger partial charge in [-0.15, -0.1) is 0 Å². The first-order chi connectivity index (χ1) is 14.2. The SMILES string of the molecule is COc1nc(OCC(F)(F)F)c2cnc(-c3cc(O)cc(Cl)c3C3CC3)c(F)c2n1. The predicted molar refractivity (Wildman–Crippen MR) is 99.5 cm³/mol. The summed E-state index contributed by atoms with van der Waals surface area (Å²) in [6, 6.07) is 2.34. The Balaban J connectivity index is 1.90. The third kappa shape index (κ3) is 3.91. The number of methoxy groups -OCH3 is 1. The highest BCUT2D eigenvalue weighted by molar-refractivity contribution is 6.32. The molecule has 0 atom stereocenters. The molecule has 1 aliphatic carbocycles. The molecule has 1 fully saturated rings. The van der Waals surface area contributed by atoms with Crippen LogP contribution in [0.5, 0.6) is 17.6 Å². The fourth-order valence-corrected chi connectivity index (χ4v) is 3.50. The molecule has 30 heavy (non-hydrogen) atoms. The van der Waals surface area contributed by atoms with Gasteiger partial charge in [0.1, 0.15) is 17.0 Å². The van der Waals surface area contributed by atoms with Gasteiger partial charge in [-0.25, -0.2) is 4.39 Å². The van der Waals surface area contributed by atoms with Gasteiger partial charge in [-0.3, -0.25) is 4.98 Å². The van der Waals surface area contributed by atoms with Crippen molar-refractivity contribution in [3.05, 3.63) is 34.7 Å². The Kier molecular flexibility index (Phi) is 5.05. The summed E-state index contributed by atoms with van der Waals surface area (Å²) >= 11 is 6.26. The molecule has 11 heteroatoms. The van der Waals surface area contributed by atoms with Crippen molar-refractivity contribution >= 4 is 22.5 Å². The third-order valence-corrected chi connectivity index (χ3v) is 4.85. The molecule has 0 saturated heterocycles. The summed E-state index contributed by atoms with van der Waals surface area (Å²) in [5, 5.41) is 10.1. The van der Waals surface area contributed by atoms with E-state index in [4.69, 9.17) is 21.1 Å². The van der Waals surface area contributed by atoms with Crippen LogP contribution in [0.15, 0.2) is 18.3 Å². The molecule has 1 N–H and O–H groups in total. The number of aromatic nitrogens is 3. The summed E-state index contributed by atoms with van der Waals surface area (Å²) in [4.78, 5) is 11.7. The molecular formula is C19H14ClF4N3O3. The number of ether oxygens (including phenoxy) is 2. The Morgan fingerprint density at radius 1 is 1.23 bits per heavy atom. The van der Waals surface area contributed by atoms with Gasteiger partial charge in [-0.1, -0.05) is 11.6 Å². The number of nitrogens with zero attached hydrogens (tertiary/aromatic N) is 3. The third-order valence-electron chi connectivity index (χ3n) is 4.54. The lowest BCUT2D eigenvalue weighted by atomic mass is 9.98. The van der Waals surface area contributed by atoms with Gasteiger partial charge in [-0.2, -0.15) is 23.1 Å². The Morgan fingerprint density at radius 3 is 2.60 bits per heavy atom. The highest BCUT2D eigenvalue weighted by atomic mass is 35.5. The van der Waals surface area contributed by atoms with Crippen molar-refractivity contribution in [1.82, 2.24) is 15.0 Å². The number of fused-ring (bicyclic) bond motifs is 1. The van der Waals surface area contributed by atoms with E-state index in [1.54, 1.807) is 0 Å². The maximum atomic E-state index is 15.4. The number of halogens is 5. The van der Waals surface area contributed by atoms with E-state index < -0.39 is 24.5 Å². The average molecular weight is 444 g/mol. The molecule has 0 bridgehead atoms. The first-order valence-corrected chi connectivity index (χ1v) is 9.18. The minimum atomic E-state index is -4.62. The topological polar surface area (TPSA) is 77.4 Å². The Bertz CT molecular complexity index is 1140. The molecule has 0 spiro atoms. The van der Waals surface area contributed by atoms with Crippen LogP contribution in [-0.2, 0) is 0 Å². The van der Waals surface area contributed by atoms with Crippen molar-refractivity contribution in [2.45, 2.75) is 24.9 Å². The molecule has 0 unspecified atom stereocenters. The molecule has 1 saturated carbocycles. The summed E-state index contributed by atoms with van der Waals surface area (Å²) in [6.07, 6.45) is -1.78. The Labute approximate surface area is 172 Å². The lowest BCUT2D eigenvalue weighted by Crippen LogP contribution is -2.20. The molecule has 2 aromatic heterocycles. The predicted octanol–water partition coefficient (Wildman–Crippen LogP) is 5.02. The van der Waals surface area contributed by atoms with Crippen molar-refractivity contribution in [2.75, 3.05) is 13.7 Å². The van der Waals surface area contributed by atoms with Gasteiger partial charge in [0.05, 0.1) is 12.5 Å². The van der Waals surface area contributed by atoms with Crippen LogP contribution >= 0.6 is 11.6 Å². The maximum Gasteiger partial charge on any atom is 0.422 e. The number of hydrogen-bond donors (Lipinski definition) is 1. The fraction of sp³-hybridized carbons (Fsp3) is 0.316. The number of rotatable bonds is 5. The number of phenolic OH excluding ortho intramolecular Hbond substituents is 1. The van der Waals surface area contributed by atoms with E-state index in [-0.39, 0.29) is 44.9 Å². The second kappa shape index (κ2) is 7.42. The van der Waals surface area contributed by atoms with Crippen LogP contribution in [0.1, 0.15) is 24.3 Å². The number of benzene rings is 1. The van der Waals surface area contributed by atoms with Gasteiger partial charge in [0.15, 0.2) is 12.4 Å². The highest BCUT2D eigenvalue weighted by Crippen LogP contribution is 2.49. The lowest BCUT2D eigenvalue weighted by Gasteiger charge is -2.15. The van der Waals surface area contributed by atoms with E-state index in [9.17, 15) is 18.3 Å². The van der Waals surface area contributed by atoms with Gasteiger partial charge >= 0.3 is 12.2 Å². The van der Waals surface area contributed by atoms with E-state index in [1.807, 2.05) is 0 Å². The average Bonchev–Trinajstić information content (AvgIpc) is 3.50. The molecule has 3 aromatic rings. The van der Waals surface area contributed by atoms with Crippen LogP contribution in [0.4, 0.5) is 17.6 Å². The summed E-state index contributed by atoms with van der Waals surface area (Å²) in [6.45, 7) is -1.63. The van der Waals surface area contributed by atoms with E-state index in [0.29, 0.717) is 5.56 Å². The monoisotopic (exact) mass is 443 g/mol. The van der Waals surface area contributed by atoms with Crippen molar-refractivity contribution < 1.29 is 32.1 Å². The number of hydrogen-bond acceptors (Lipinski definition) is 6. The largest absolute Gasteiger partial charge is 0.508 e. The van der Waals surface area contributed by atoms with Crippen molar-refractivity contribution in [2.24, 2.45) is 0 Å². The number of aromatic hydroxyl groups is 1. The Morgan fingerprint density at radius 2 is 1.97 bits per heavy atom.